The van der Waals surface area contributed by atoms with Crippen molar-refractivity contribution in [3.05, 3.63) is 0 Å². The highest BCUT2D eigenvalue weighted by Crippen LogP contribution is 2.27. The van der Waals surface area contributed by atoms with E-state index < -0.39 is 12.1 Å². The van der Waals surface area contributed by atoms with Crippen LogP contribution in [0.2, 0.25) is 0 Å². The minimum absolute atomic E-state index is 0.173. The van der Waals surface area contributed by atoms with Crippen molar-refractivity contribution in [3.8, 4) is 0 Å². The van der Waals surface area contributed by atoms with Gasteiger partial charge in [0, 0.05) is 12.6 Å². The summed E-state index contributed by atoms with van der Waals surface area (Å²) in [4.78, 5) is 10.4. The summed E-state index contributed by atoms with van der Waals surface area (Å²) in [6.07, 6.45) is 6.58. The van der Waals surface area contributed by atoms with Crippen LogP contribution in [-0.4, -0.2) is 34.9 Å². The molecular weight excluding hydrogens is 218 g/mol. The molecule has 0 spiro atoms. The molecule has 0 aromatic carbocycles. The predicted molar refractivity (Wildman–Crippen MR) is 66.9 cm³/mol. The van der Waals surface area contributed by atoms with Gasteiger partial charge in [0.1, 0.15) is 0 Å². The normalized spacial score (nSPS) is 21.1. The lowest BCUT2D eigenvalue weighted by atomic mass is 9.83. The highest BCUT2D eigenvalue weighted by Gasteiger charge is 2.22. The van der Waals surface area contributed by atoms with Crippen LogP contribution < -0.4 is 5.32 Å². The topological polar surface area (TPSA) is 69.6 Å². The van der Waals surface area contributed by atoms with Crippen molar-refractivity contribution in [3.63, 3.8) is 0 Å². The van der Waals surface area contributed by atoms with Crippen LogP contribution in [0.5, 0.6) is 0 Å². The van der Waals surface area contributed by atoms with E-state index in [-0.39, 0.29) is 6.42 Å². The number of carboxylic acid groups (broad SMARTS) is 1. The van der Waals surface area contributed by atoms with Gasteiger partial charge in [-0.3, -0.25) is 4.79 Å². The van der Waals surface area contributed by atoms with Crippen molar-refractivity contribution in [1.29, 1.82) is 0 Å². The van der Waals surface area contributed by atoms with E-state index in [1.807, 2.05) is 0 Å². The number of aliphatic carboxylic acids is 1. The van der Waals surface area contributed by atoms with Gasteiger partial charge in [0.15, 0.2) is 0 Å². The summed E-state index contributed by atoms with van der Waals surface area (Å²) in [5, 5.41) is 21.4. The average Bonchev–Trinajstić information content (AvgIpc) is 2.30. The van der Waals surface area contributed by atoms with Crippen LogP contribution in [0, 0.1) is 5.92 Å². The van der Waals surface area contributed by atoms with Crippen LogP contribution in [0.1, 0.15) is 51.9 Å². The Morgan fingerprint density at radius 2 is 2.00 bits per heavy atom. The maximum absolute atomic E-state index is 10.4. The highest BCUT2D eigenvalue weighted by atomic mass is 16.4. The van der Waals surface area contributed by atoms with E-state index in [1.165, 1.54) is 32.1 Å². The second-order valence-electron chi connectivity index (χ2n) is 5.07. The van der Waals surface area contributed by atoms with Gasteiger partial charge in [-0.25, -0.2) is 0 Å². The molecule has 0 saturated heterocycles. The standard InChI is InChI=1S/C13H25NO3/c1-2-12(10-6-4-3-5-7-10)14-9-11(15)8-13(16)17/h10-12,14-15H,2-9H2,1H3,(H,16,17). The molecule has 0 bridgehead atoms. The molecule has 4 heteroatoms. The number of aliphatic hydroxyl groups is 1. The van der Waals surface area contributed by atoms with Crippen LogP contribution in [0.25, 0.3) is 0 Å². The van der Waals surface area contributed by atoms with Gasteiger partial charge in [0.05, 0.1) is 12.5 Å². The molecule has 2 unspecified atom stereocenters. The highest BCUT2D eigenvalue weighted by molar-refractivity contribution is 5.67. The first-order chi connectivity index (χ1) is 8.13. The first kappa shape index (κ1) is 14.5. The van der Waals surface area contributed by atoms with E-state index in [2.05, 4.69) is 12.2 Å². The molecule has 0 heterocycles. The molecule has 1 rings (SSSR count). The second-order valence-corrected chi connectivity index (χ2v) is 5.07. The lowest BCUT2D eigenvalue weighted by Gasteiger charge is -2.31. The average molecular weight is 243 g/mol. The fraction of sp³-hybridized carbons (Fsp3) is 0.923. The molecular formula is C13H25NO3. The zero-order chi connectivity index (χ0) is 12.7. The Morgan fingerprint density at radius 3 is 2.53 bits per heavy atom. The van der Waals surface area contributed by atoms with E-state index in [0.29, 0.717) is 18.5 Å². The maximum atomic E-state index is 10.4. The molecule has 1 saturated carbocycles. The number of carbonyl (C=O) groups is 1. The molecule has 0 aromatic rings. The third-order valence-electron chi connectivity index (χ3n) is 3.68. The summed E-state index contributed by atoms with van der Waals surface area (Å²) in [5.41, 5.74) is 0. The molecule has 0 aliphatic heterocycles. The van der Waals surface area contributed by atoms with Gasteiger partial charge in [-0.2, -0.15) is 0 Å². The zero-order valence-corrected chi connectivity index (χ0v) is 10.7. The molecule has 0 amide bonds. The molecule has 100 valence electrons. The van der Waals surface area contributed by atoms with Crippen molar-refractivity contribution in [2.24, 2.45) is 5.92 Å². The minimum Gasteiger partial charge on any atom is -0.481 e. The lowest BCUT2D eigenvalue weighted by molar-refractivity contribution is -0.139. The molecule has 0 aromatic heterocycles. The SMILES string of the molecule is CCC(NCC(O)CC(=O)O)C1CCCCC1. The van der Waals surface area contributed by atoms with Gasteiger partial charge in [0.2, 0.25) is 0 Å². The number of aliphatic hydroxyl groups excluding tert-OH is 1. The quantitative estimate of drug-likeness (QED) is 0.637. The Kier molecular flexibility index (Phi) is 6.52. The minimum atomic E-state index is -0.940. The molecule has 1 fully saturated rings. The third kappa shape index (κ3) is 5.50. The summed E-state index contributed by atoms with van der Waals surface area (Å²) in [7, 11) is 0. The summed E-state index contributed by atoms with van der Waals surface area (Å²) < 4.78 is 0. The summed E-state index contributed by atoms with van der Waals surface area (Å²) >= 11 is 0. The molecule has 17 heavy (non-hydrogen) atoms. The molecule has 2 atom stereocenters. The van der Waals surface area contributed by atoms with Crippen molar-refractivity contribution < 1.29 is 15.0 Å². The van der Waals surface area contributed by atoms with Gasteiger partial charge < -0.3 is 15.5 Å². The number of nitrogens with one attached hydrogen (secondary N) is 1. The van der Waals surface area contributed by atoms with Crippen LogP contribution in [0.15, 0.2) is 0 Å². The van der Waals surface area contributed by atoms with Gasteiger partial charge in [-0.1, -0.05) is 26.2 Å². The number of carboxylic acids is 1. The molecule has 1 aliphatic carbocycles. The second kappa shape index (κ2) is 7.67. The van der Waals surface area contributed by atoms with Crippen LogP contribution in [-0.2, 0) is 4.79 Å². The van der Waals surface area contributed by atoms with Crippen molar-refractivity contribution in [2.75, 3.05) is 6.54 Å². The Bertz CT molecular complexity index is 227. The summed E-state index contributed by atoms with van der Waals surface area (Å²) in [6.45, 7) is 2.54. The fourth-order valence-electron chi connectivity index (χ4n) is 2.74. The Morgan fingerprint density at radius 1 is 1.35 bits per heavy atom. The smallest absolute Gasteiger partial charge is 0.306 e. The first-order valence-corrected chi connectivity index (χ1v) is 6.76. The van der Waals surface area contributed by atoms with E-state index in [9.17, 15) is 9.90 Å². The lowest BCUT2D eigenvalue weighted by Crippen LogP contribution is -2.41. The summed E-state index contributed by atoms with van der Waals surface area (Å²) in [6, 6.07) is 0.429. The van der Waals surface area contributed by atoms with E-state index in [0.717, 1.165) is 6.42 Å². The molecule has 0 radical (unpaired) electrons. The summed E-state index contributed by atoms with van der Waals surface area (Å²) in [5.74, 6) is -0.240. The first-order valence-electron chi connectivity index (χ1n) is 6.76. The van der Waals surface area contributed by atoms with Crippen molar-refractivity contribution >= 4 is 5.97 Å². The Labute approximate surface area is 103 Å². The van der Waals surface area contributed by atoms with E-state index in [1.54, 1.807) is 0 Å². The molecule has 1 aliphatic rings. The monoisotopic (exact) mass is 243 g/mol. The fourth-order valence-corrected chi connectivity index (χ4v) is 2.74. The van der Waals surface area contributed by atoms with Crippen LogP contribution >= 0.6 is 0 Å². The zero-order valence-electron chi connectivity index (χ0n) is 10.7. The van der Waals surface area contributed by atoms with Crippen LogP contribution in [0.4, 0.5) is 0 Å². The van der Waals surface area contributed by atoms with E-state index in [4.69, 9.17) is 5.11 Å². The van der Waals surface area contributed by atoms with Crippen molar-refractivity contribution in [2.45, 2.75) is 64.0 Å². The Hall–Kier alpha value is -0.610. The number of rotatable bonds is 7. The van der Waals surface area contributed by atoms with Gasteiger partial charge in [-0.05, 0) is 25.2 Å². The number of hydrogen-bond donors (Lipinski definition) is 3. The van der Waals surface area contributed by atoms with Crippen molar-refractivity contribution in [1.82, 2.24) is 5.32 Å². The largest absolute Gasteiger partial charge is 0.481 e. The van der Waals surface area contributed by atoms with Gasteiger partial charge in [-0.15, -0.1) is 0 Å². The van der Waals surface area contributed by atoms with Crippen LogP contribution in [0.3, 0.4) is 0 Å². The number of hydrogen-bond acceptors (Lipinski definition) is 3. The third-order valence-corrected chi connectivity index (χ3v) is 3.68. The Balaban J connectivity index is 2.28. The van der Waals surface area contributed by atoms with Gasteiger partial charge >= 0.3 is 5.97 Å². The van der Waals surface area contributed by atoms with E-state index >= 15 is 0 Å². The van der Waals surface area contributed by atoms with Gasteiger partial charge in [0.25, 0.3) is 0 Å². The molecule has 3 N–H and O–H groups in total. The maximum Gasteiger partial charge on any atom is 0.306 e. The predicted octanol–water partition coefficient (Wildman–Crippen LogP) is 1.77. The molecule has 4 nitrogen and oxygen atoms in total.